The summed E-state index contributed by atoms with van der Waals surface area (Å²) in [5.74, 6) is 0. The Bertz CT molecular complexity index is 168. The van der Waals surface area contributed by atoms with E-state index in [1.54, 1.807) is 0 Å². The number of halogens is 1. The summed E-state index contributed by atoms with van der Waals surface area (Å²) in [5.41, 5.74) is 0. The molecule has 2 nitrogen and oxygen atoms in total. The van der Waals surface area contributed by atoms with E-state index in [0.29, 0.717) is 6.42 Å². The van der Waals surface area contributed by atoms with Crippen molar-refractivity contribution in [1.29, 1.82) is 0 Å². The molecule has 0 amide bonds. The topological polar surface area (TPSA) is 34.1 Å². The quantitative estimate of drug-likeness (QED) is 0.565. The van der Waals surface area contributed by atoms with Crippen LogP contribution in [0.25, 0.3) is 0 Å². The minimum absolute atomic E-state index is 0.686. The highest BCUT2D eigenvalue weighted by Crippen LogP contribution is 1.97. The van der Waals surface area contributed by atoms with Crippen LogP contribution in [-0.4, -0.2) is 8.42 Å². The van der Waals surface area contributed by atoms with E-state index in [-0.39, 0.29) is 0 Å². The summed E-state index contributed by atoms with van der Waals surface area (Å²) in [7, 11) is 1.40. The molecule has 0 aliphatic carbocycles. The first-order valence-corrected chi connectivity index (χ1v) is 4.54. The van der Waals surface area contributed by atoms with Gasteiger partial charge in [-0.2, -0.15) is 0 Å². The van der Waals surface area contributed by atoms with E-state index >= 15 is 0 Å². The van der Waals surface area contributed by atoms with Crippen LogP contribution in [0, 0.1) is 0 Å². The molecule has 0 saturated carbocycles. The van der Waals surface area contributed by atoms with E-state index in [1.807, 2.05) is 6.92 Å². The van der Waals surface area contributed by atoms with Crippen molar-refractivity contribution in [3.05, 3.63) is 11.5 Å². The van der Waals surface area contributed by atoms with Crippen molar-refractivity contribution >= 4 is 19.7 Å². The molecule has 0 bridgehead atoms. The second-order valence-corrected chi connectivity index (χ2v) is 3.77. The third-order valence-corrected chi connectivity index (χ3v) is 1.32. The zero-order valence-corrected chi connectivity index (χ0v) is 6.04. The van der Waals surface area contributed by atoms with Crippen LogP contribution in [0.5, 0.6) is 0 Å². The standard InChI is InChI=1S/C4H7ClO2S/c1-2-3-4-8(5,6)7/h3-4H,2H2,1H3/b4-3-. The van der Waals surface area contributed by atoms with E-state index in [0.717, 1.165) is 5.41 Å². The van der Waals surface area contributed by atoms with Crippen molar-refractivity contribution in [3.8, 4) is 0 Å². The van der Waals surface area contributed by atoms with Gasteiger partial charge in [0.1, 0.15) is 0 Å². The molecule has 0 saturated heterocycles. The van der Waals surface area contributed by atoms with Gasteiger partial charge in [-0.15, -0.1) is 0 Å². The summed E-state index contributed by atoms with van der Waals surface area (Å²) >= 11 is 0. The SMILES string of the molecule is CC/C=C\S(=O)(=O)Cl. The van der Waals surface area contributed by atoms with E-state index in [4.69, 9.17) is 10.7 Å². The Balaban J connectivity index is 3.92. The van der Waals surface area contributed by atoms with Crippen LogP contribution in [0.3, 0.4) is 0 Å². The van der Waals surface area contributed by atoms with Crippen LogP contribution < -0.4 is 0 Å². The monoisotopic (exact) mass is 154 g/mol. The van der Waals surface area contributed by atoms with E-state index in [2.05, 4.69) is 0 Å². The second kappa shape index (κ2) is 3.10. The number of rotatable bonds is 2. The van der Waals surface area contributed by atoms with E-state index in [9.17, 15) is 8.42 Å². The molecular weight excluding hydrogens is 148 g/mol. The first kappa shape index (κ1) is 7.98. The average molecular weight is 155 g/mol. The molecule has 0 aromatic heterocycles. The maximum Gasteiger partial charge on any atom is 0.254 e. The van der Waals surface area contributed by atoms with E-state index in [1.165, 1.54) is 6.08 Å². The summed E-state index contributed by atoms with van der Waals surface area (Å²) in [6.45, 7) is 1.83. The molecule has 0 aliphatic heterocycles. The van der Waals surface area contributed by atoms with Crippen LogP contribution in [-0.2, 0) is 9.05 Å². The molecule has 0 rings (SSSR count). The molecule has 0 unspecified atom stereocenters. The van der Waals surface area contributed by atoms with E-state index < -0.39 is 9.05 Å². The van der Waals surface area contributed by atoms with Crippen LogP contribution >= 0.6 is 10.7 Å². The lowest BCUT2D eigenvalue weighted by molar-refractivity contribution is 0.617. The summed E-state index contributed by atoms with van der Waals surface area (Å²) in [6.07, 6.45) is 2.17. The highest BCUT2D eigenvalue weighted by atomic mass is 35.7. The Labute approximate surface area is 53.6 Å². The van der Waals surface area contributed by atoms with Crippen LogP contribution in [0.1, 0.15) is 13.3 Å². The molecule has 0 N–H and O–H groups in total. The summed E-state index contributed by atoms with van der Waals surface area (Å²) < 4.78 is 20.1. The van der Waals surface area contributed by atoms with Gasteiger partial charge in [0.15, 0.2) is 0 Å². The highest BCUT2D eigenvalue weighted by Gasteiger charge is 1.92. The highest BCUT2D eigenvalue weighted by molar-refractivity contribution is 8.16. The maximum atomic E-state index is 10.1. The molecule has 0 radical (unpaired) electrons. The van der Waals surface area contributed by atoms with Crippen LogP contribution in [0.2, 0.25) is 0 Å². The van der Waals surface area contributed by atoms with Crippen molar-refractivity contribution in [2.24, 2.45) is 0 Å². The van der Waals surface area contributed by atoms with Gasteiger partial charge >= 0.3 is 0 Å². The smallest absolute Gasteiger partial charge is 0.208 e. The average Bonchev–Trinajstić information content (AvgIpc) is 1.59. The fourth-order valence-corrected chi connectivity index (χ4v) is 0.852. The van der Waals surface area contributed by atoms with Crippen molar-refractivity contribution < 1.29 is 8.42 Å². The third kappa shape index (κ3) is 5.98. The Morgan fingerprint density at radius 3 is 2.25 bits per heavy atom. The molecular formula is C4H7ClO2S. The summed E-state index contributed by atoms with van der Waals surface area (Å²) in [5, 5.41) is 0.981. The zero-order valence-electron chi connectivity index (χ0n) is 4.46. The summed E-state index contributed by atoms with van der Waals surface area (Å²) in [6, 6.07) is 0. The zero-order chi connectivity index (χ0) is 6.62. The molecule has 4 heteroatoms. The lowest BCUT2D eigenvalue weighted by Crippen LogP contribution is -1.77. The van der Waals surface area contributed by atoms with Crippen molar-refractivity contribution in [2.75, 3.05) is 0 Å². The predicted molar refractivity (Wildman–Crippen MR) is 34.2 cm³/mol. The lowest BCUT2D eigenvalue weighted by Gasteiger charge is -1.77. The van der Waals surface area contributed by atoms with Gasteiger partial charge in [-0.1, -0.05) is 13.0 Å². The van der Waals surface area contributed by atoms with Crippen LogP contribution in [0.15, 0.2) is 11.5 Å². The summed E-state index contributed by atoms with van der Waals surface area (Å²) in [4.78, 5) is 0. The van der Waals surface area contributed by atoms with Gasteiger partial charge in [-0.3, -0.25) is 0 Å². The molecule has 0 spiro atoms. The van der Waals surface area contributed by atoms with Crippen molar-refractivity contribution in [3.63, 3.8) is 0 Å². The Morgan fingerprint density at radius 1 is 1.62 bits per heavy atom. The number of allylic oxidation sites excluding steroid dienone is 1. The molecule has 0 aromatic carbocycles. The van der Waals surface area contributed by atoms with Crippen molar-refractivity contribution in [1.82, 2.24) is 0 Å². The van der Waals surface area contributed by atoms with Gasteiger partial charge in [0, 0.05) is 16.1 Å². The van der Waals surface area contributed by atoms with Crippen molar-refractivity contribution in [2.45, 2.75) is 13.3 Å². The van der Waals surface area contributed by atoms with Gasteiger partial charge in [-0.25, -0.2) is 8.42 Å². The van der Waals surface area contributed by atoms with Gasteiger partial charge in [0.05, 0.1) is 0 Å². The maximum absolute atomic E-state index is 10.1. The molecule has 0 aromatic rings. The molecule has 0 fully saturated rings. The predicted octanol–water partition coefficient (Wildman–Crippen LogP) is 1.48. The van der Waals surface area contributed by atoms with Gasteiger partial charge in [-0.05, 0) is 6.42 Å². The fourth-order valence-electron chi connectivity index (χ4n) is 0.211. The number of hydrogen-bond acceptors (Lipinski definition) is 2. The molecule has 0 heterocycles. The first-order chi connectivity index (χ1) is 3.56. The Morgan fingerprint density at radius 2 is 2.12 bits per heavy atom. The fraction of sp³-hybridized carbons (Fsp3) is 0.500. The normalized spacial score (nSPS) is 12.8. The lowest BCUT2D eigenvalue weighted by atomic mass is 10.5. The van der Waals surface area contributed by atoms with Crippen LogP contribution in [0.4, 0.5) is 0 Å². The van der Waals surface area contributed by atoms with Gasteiger partial charge < -0.3 is 0 Å². The Kier molecular flexibility index (Phi) is 3.09. The first-order valence-electron chi connectivity index (χ1n) is 2.17. The van der Waals surface area contributed by atoms with Gasteiger partial charge in [0.25, 0.3) is 9.05 Å². The molecule has 0 atom stereocenters. The number of hydrogen-bond donors (Lipinski definition) is 0. The third-order valence-electron chi connectivity index (χ3n) is 0.494. The van der Waals surface area contributed by atoms with Gasteiger partial charge in [0.2, 0.25) is 0 Å². The molecule has 48 valence electrons. The largest absolute Gasteiger partial charge is 0.254 e. The minimum atomic E-state index is -3.39. The second-order valence-electron chi connectivity index (χ2n) is 1.26. The molecule has 0 aliphatic rings. The molecule has 8 heavy (non-hydrogen) atoms. The minimum Gasteiger partial charge on any atom is -0.208 e. The Hall–Kier alpha value is -0.0200.